The van der Waals surface area contributed by atoms with Gasteiger partial charge in [-0.2, -0.15) is 0 Å². The molecule has 0 spiro atoms. The number of urea groups is 1. The van der Waals surface area contributed by atoms with Crippen molar-refractivity contribution < 1.29 is 14.0 Å². The zero-order valence-electron chi connectivity index (χ0n) is 11.7. The third-order valence-electron chi connectivity index (χ3n) is 3.07. The van der Waals surface area contributed by atoms with Crippen molar-refractivity contribution in [2.75, 3.05) is 10.6 Å². The number of amides is 2. The van der Waals surface area contributed by atoms with Gasteiger partial charge in [-0.15, -0.1) is 0 Å². The minimum absolute atomic E-state index is 0.0404. The Morgan fingerprint density at radius 1 is 1.00 bits per heavy atom. The highest BCUT2D eigenvalue weighted by atomic mass is 19.1. The van der Waals surface area contributed by atoms with Crippen molar-refractivity contribution in [3.05, 3.63) is 59.4 Å². The van der Waals surface area contributed by atoms with E-state index in [1.807, 2.05) is 0 Å². The summed E-state index contributed by atoms with van der Waals surface area (Å²) in [4.78, 5) is 23.0. The van der Waals surface area contributed by atoms with Crippen LogP contribution in [-0.2, 0) is 0 Å². The van der Waals surface area contributed by atoms with Gasteiger partial charge < -0.3 is 10.6 Å². The van der Waals surface area contributed by atoms with Gasteiger partial charge in [-0.1, -0.05) is 6.07 Å². The number of Topliss-reactive ketones (excluding diaryl/α,β-unsaturated/α-hetero) is 1. The highest BCUT2D eigenvalue weighted by molar-refractivity contribution is 6.00. The number of hydrogen-bond donors (Lipinski definition) is 2. The SMILES string of the molecule is CC(=O)c1ccc(NC(=O)Nc2cccc(F)c2C)cc1. The first-order valence-electron chi connectivity index (χ1n) is 6.41. The van der Waals surface area contributed by atoms with Crippen molar-refractivity contribution in [3.63, 3.8) is 0 Å². The summed E-state index contributed by atoms with van der Waals surface area (Å²) in [5.41, 5.74) is 1.90. The molecule has 0 aliphatic heterocycles. The van der Waals surface area contributed by atoms with Crippen molar-refractivity contribution in [2.45, 2.75) is 13.8 Å². The van der Waals surface area contributed by atoms with E-state index >= 15 is 0 Å². The molecule has 0 fully saturated rings. The molecule has 0 saturated heterocycles. The largest absolute Gasteiger partial charge is 0.323 e. The molecule has 2 amide bonds. The Hall–Kier alpha value is -2.69. The standard InChI is InChI=1S/C16H15FN2O2/c1-10-14(17)4-3-5-15(10)19-16(21)18-13-8-6-12(7-9-13)11(2)20/h3-9H,1-2H3,(H2,18,19,21). The second-order valence-electron chi connectivity index (χ2n) is 4.63. The predicted octanol–water partition coefficient (Wildman–Crippen LogP) is 3.98. The van der Waals surface area contributed by atoms with Crippen molar-refractivity contribution in [1.82, 2.24) is 0 Å². The maximum Gasteiger partial charge on any atom is 0.323 e. The number of nitrogens with one attached hydrogen (secondary N) is 2. The lowest BCUT2D eigenvalue weighted by Gasteiger charge is -2.10. The van der Waals surface area contributed by atoms with Gasteiger partial charge in [0, 0.05) is 22.5 Å². The minimum Gasteiger partial charge on any atom is -0.308 e. The summed E-state index contributed by atoms with van der Waals surface area (Å²) in [6, 6.07) is 10.5. The Morgan fingerprint density at radius 3 is 2.29 bits per heavy atom. The van der Waals surface area contributed by atoms with E-state index < -0.39 is 6.03 Å². The molecular weight excluding hydrogens is 271 g/mol. The van der Waals surface area contributed by atoms with Gasteiger partial charge in [0.15, 0.2) is 5.78 Å². The molecule has 0 radical (unpaired) electrons. The minimum atomic E-state index is -0.473. The van der Waals surface area contributed by atoms with E-state index in [0.717, 1.165) is 0 Å². The van der Waals surface area contributed by atoms with Crippen molar-refractivity contribution in [2.24, 2.45) is 0 Å². The van der Waals surface area contributed by atoms with Gasteiger partial charge in [0.1, 0.15) is 5.82 Å². The third-order valence-corrected chi connectivity index (χ3v) is 3.07. The van der Waals surface area contributed by atoms with E-state index in [1.165, 1.54) is 19.1 Å². The highest BCUT2D eigenvalue weighted by Crippen LogP contribution is 2.18. The second kappa shape index (κ2) is 6.17. The molecule has 0 unspecified atom stereocenters. The zero-order chi connectivity index (χ0) is 15.4. The average Bonchev–Trinajstić information content (AvgIpc) is 2.44. The first-order valence-corrected chi connectivity index (χ1v) is 6.41. The first-order chi connectivity index (χ1) is 9.97. The van der Waals surface area contributed by atoms with Crippen LogP contribution < -0.4 is 10.6 Å². The summed E-state index contributed by atoms with van der Waals surface area (Å²) in [6.07, 6.45) is 0. The summed E-state index contributed by atoms with van der Waals surface area (Å²) < 4.78 is 13.4. The molecule has 2 N–H and O–H groups in total. The van der Waals surface area contributed by atoms with E-state index in [4.69, 9.17) is 0 Å². The summed E-state index contributed by atoms with van der Waals surface area (Å²) in [5.74, 6) is -0.417. The number of benzene rings is 2. The lowest BCUT2D eigenvalue weighted by Crippen LogP contribution is -2.20. The lowest BCUT2D eigenvalue weighted by molar-refractivity contribution is 0.101. The molecule has 2 aromatic carbocycles. The zero-order valence-corrected chi connectivity index (χ0v) is 11.7. The predicted molar refractivity (Wildman–Crippen MR) is 80.2 cm³/mol. The number of carbonyl (C=O) groups is 2. The topological polar surface area (TPSA) is 58.2 Å². The Bertz CT molecular complexity index is 681. The smallest absolute Gasteiger partial charge is 0.308 e. The second-order valence-corrected chi connectivity index (χ2v) is 4.63. The third kappa shape index (κ3) is 3.66. The van der Waals surface area contributed by atoms with Crippen LogP contribution in [0.15, 0.2) is 42.5 Å². The maximum absolute atomic E-state index is 13.4. The van der Waals surface area contributed by atoms with E-state index in [2.05, 4.69) is 10.6 Å². The molecule has 108 valence electrons. The van der Waals surface area contributed by atoms with Crippen molar-refractivity contribution in [3.8, 4) is 0 Å². The van der Waals surface area contributed by atoms with Gasteiger partial charge in [-0.05, 0) is 50.2 Å². The Balaban J connectivity index is 2.04. The molecule has 21 heavy (non-hydrogen) atoms. The van der Waals surface area contributed by atoms with E-state index in [-0.39, 0.29) is 11.6 Å². The number of anilines is 2. The normalized spacial score (nSPS) is 10.0. The molecule has 0 atom stereocenters. The monoisotopic (exact) mass is 286 g/mol. The van der Waals surface area contributed by atoms with Crippen LogP contribution in [0.25, 0.3) is 0 Å². The van der Waals surface area contributed by atoms with Gasteiger partial charge in [0.05, 0.1) is 0 Å². The van der Waals surface area contributed by atoms with Crippen LogP contribution in [0.1, 0.15) is 22.8 Å². The van der Waals surface area contributed by atoms with Crippen LogP contribution in [0, 0.1) is 12.7 Å². The molecule has 2 rings (SSSR count). The maximum atomic E-state index is 13.4. The van der Waals surface area contributed by atoms with Crippen molar-refractivity contribution in [1.29, 1.82) is 0 Å². The Labute approximate surface area is 122 Å². The molecule has 0 aliphatic carbocycles. The van der Waals surface area contributed by atoms with E-state index in [9.17, 15) is 14.0 Å². The first kappa shape index (κ1) is 14.7. The van der Waals surface area contributed by atoms with Gasteiger partial charge in [-0.3, -0.25) is 4.79 Å². The van der Waals surface area contributed by atoms with Crippen molar-refractivity contribution >= 4 is 23.2 Å². The number of hydrogen-bond acceptors (Lipinski definition) is 2. The summed E-state index contributed by atoms with van der Waals surface area (Å²) in [7, 11) is 0. The van der Waals surface area contributed by atoms with Gasteiger partial charge >= 0.3 is 6.03 Å². The highest BCUT2D eigenvalue weighted by Gasteiger charge is 2.08. The molecule has 5 heteroatoms. The van der Waals surface area contributed by atoms with Gasteiger partial charge in [-0.25, -0.2) is 9.18 Å². The van der Waals surface area contributed by atoms with E-state index in [1.54, 1.807) is 37.3 Å². The number of carbonyl (C=O) groups excluding carboxylic acids is 2. The van der Waals surface area contributed by atoms with Crippen LogP contribution in [0.3, 0.4) is 0 Å². The van der Waals surface area contributed by atoms with Crippen LogP contribution in [0.5, 0.6) is 0 Å². The fourth-order valence-electron chi connectivity index (χ4n) is 1.82. The number of rotatable bonds is 3. The molecule has 4 nitrogen and oxygen atoms in total. The molecule has 2 aromatic rings. The summed E-state index contributed by atoms with van der Waals surface area (Å²) >= 11 is 0. The van der Waals surface area contributed by atoms with Gasteiger partial charge in [0.25, 0.3) is 0 Å². The number of halogens is 1. The quantitative estimate of drug-likeness (QED) is 0.838. The molecular formula is C16H15FN2O2. The fourth-order valence-corrected chi connectivity index (χ4v) is 1.82. The fraction of sp³-hybridized carbons (Fsp3) is 0.125. The Morgan fingerprint density at radius 2 is 1.67 bits per heavy atom. The van der Waals surface area contributed by atoms with Crippen LogP contribution in [-0.4, -0.2) is 11.8 Å². The molecule has 0 heterocycles. The van der Waals surface area contributed by atoms with Gasteiger partial charge in [0.2, 0.25) is 0 Å². The lowest BCUT2D eigenvalue weighted by atomic mass is 10.1. The molecule has 0 aromatic heterocycles. The molecule has 0 bridgehead atoms. The van der Waals surface area contributed by atoms with Crippen LogP contribution in [0.4, 0.5) is 20.6 Å². The summed E-state index contributed by atoms with van der Waals surface area (Å²) in [5, 5.41) is 5.20. The van der Waals surface area contributed by atoms with Crippen LogP contribution >= 0.6 is 0 Å². The van der Waals surface area contributed by atoms with E-state index in [0.29, 0.717) is 22.5 Å². The average molecular weight is 286 g/mol. The Kier molecular flexibility index (Phi) is 4.33. The number of ketones is 1. The van der Waals surface area contributed by atoms with Crippen LogP contribution in [0.2, 0.25) is 0 Å². The molecule has 0 saturated carbocycles. The summed E-state index contributed by atoms with van der Waals surface area (Å²) in [6.45, 7) is 3.06. The molecule has 0 aliphatic rings.